The van der Waals surface area contributed by atoms with Crippen molar-refractivity contribution in [2.45, 2.75) is 19.3 Å². The molecule has 0 saturated heterocycles. The van der Waals surface area contributed by atoms with E-state index in [1.165, 1.54) is 0 Å². The molecule has 0 amide bonds. The molecule has 1 unspecified atom stereocenters. The second kappa shape index (κ2) is 5.16. The smallest absolute Gasteiger partial charge is 0.311 e. The molecule has 1 rings (SSSR count). The Kier molecular flexibility index (Phi) is 4.15. The van der Waals surface area contributed by atoms with E-state index in [0.29, 0.717) is 12.2 Å². The molecule has 0 aromatic heterocycles. The summed E-state index contributed by atoms with van der Waals surface area (Å²) in [4.78, 5) is 11.0. The first-order valence-electron chi connectivity index (χ1n) is 4.66. The molecule has 1 N–H and O–H groups in total. The average molecular weight is 273 g/mol. The number of benzene rings is 1. The van der Waals surface area contributed by atoms with Gasteiger partial charge in [-0.3, -0.25) is 4.79 Å². The third-order valence-corrected chi connectivity index (χ3v) is 2.98. The summed E-state index contributed by atoms with van der Waals surface area (Å²) >= 11 is 3.35. The Morgan fingerprint density at radius 1 is 1.60 bits per heavy atom. The quantitative estimate of drug-likeness (QED) is 0.917. The summed E-state index contributed by atoms with van der Waals surface area (Å²) < 4.78 is 5.82. The number of hydrogen-bond acceptors (Lipinski definition) is 2. The number of carbonyl (C=O) groups is 1. The maximum atomic E-state index is 11.0. The number of ether oxygens (including phenoxy) is 1. The van der Waals surface area contributed by atoms with E-state index in [2.05, 4.69) is 15.9 Å². The monoisotopic (exact) mass is 272 g/mol. The maximum Gasteiger partial charge on any atom is 0.311 e. The van der Waals surface area contributed by atoms with Gasteiger partial charge >= 0.3 is 5.97 Å². The summed E-state index contributed by atoms with van der Waals surface area (Å²) in [7, 11) is 1.58. The van der Waals surface area contributed by atoms with Crippen molar-refractivity contribution in [2.24, 2.45) is 0 Å². The fourth-order valence-corrected chi connectivity index (χ4v) is 2.08. The molecule has 15 heavy (non-hydrogen) atoms. The van der Waals surface area contributed by atoms with Gasteiger partial charge in [-0.1, -0.05) is 28.9 Å². The first-order chi connectivity index (χ1) is 7.10. The van der Waals surface area contributed by atoms with Crippen molar-refractivity contribution in [3.63, 3.8) is 0 Å². The summed E-state index contributed by atoms with van der Waals surface area (Å²) in [6.45, 7) is 1.86. The molecule has 0 bridgehead atoms. The van der Waals surface area contributed by atoms with Crippen LogP contribution in [-0.2, 0) is 4.79 Å². The van der Waals surface area contributed by atoms with E-state index in [1.54, 1.807) is 25.3 Å². The van der Waals surface area contributed by atoms with E-state index in [9.17, 15) is 4.79 Å². The number of hydrogen-bond donors (Lipinski definition) is 1. The van der Waals surface area contributed by atoms with Gasteiger partial charge in [0.05, 0.1) is 13.0 Å². The van der Waals surface area contributed by atoms with Crippen LogP contribution in [0.15, 0.2) is 22.7 Å². The topological polar surface area (TPSA) is 46.5 Å². The molecular weight excluding hydrogens is 260 g/mol. The van der Waals surface area contributed by atoms with Crippen LogP contribution in [0, 0.1) is 0 Å². The SMILES string of the molecule is CCC(C(=O)O)c1ccc(OC)cc1Br. The van der Waals surface area contributed by atoms with Crippen LogP contribution in [0.4, 0.5) is 0 Å². The normalized spacial score (nSPS) is 12.2. The Morgan fingerprint density at radius 3 is 2.67 bits per heavy atom. The lowest BCUT2D eigenvalue weighted by Crippen LogP contribution is -2.11. The van der Waals surface area contributed by atoms with Gasteiger partial charge in [0.1, 0.15) is 5.75 Å². The zero-order valence-electron chi connectivity index (χ0n) is 8.66. The van der Waals surface area contributed by atoms with Crippen molar-refractivity contribution in [3.8, 4) is 5.75 Å². The molecule has 0 aliphatic carbocycles. The fourth-order valence-electron chi connectivity index (χ4n) is 1.44. The lowest BCUT2D eigenvalue weighted by atomic mass is 9.97. The second-order valence-electron chi connectivity index (χ2n) is 3.19. The predicted molar refractivity (Wildman–Crippen MR) is 61.4 cm³/mol. The van der Waals surface area contributed by atoms with Crippen LogP contribution in [0.3, 0.4) is 0 Å². The molecule has 0 heterocycles. The predicted octanol–water partition coefficient (Wildman–Crippen LogP) is 3.04. The first-order valence-corrected chi connectivity index (χ1v) is 5.45. The third-order valence-electron chi connectivity index (χ3n) is 2.29. The number of aliphatic carboxylic acids is 1. The highest BCUT2D eigenvalue weighted by Crippen LogP contribution is 2.30. The maximum absolute atomic E-state index is 11.0. The Bertz CT molecular complexity index is 363. The standard InChI is InChI=1S/C11H13BrO3/c1-3-8(11(13)14)9-5-4-7(15-2)6-10(9)12/h4-6,8H,3H2,1-2H3,(H,13,14). The third kappa shape index (κ3) is 2.72. The highest BCUT2D eigenvalue weighted by molar-refractivity contribution is 9.10. The summed E-state index contributed by atoms with van der Waals surface area (Å²) in [5, 5.41) is 9.03. The molecule has 0 spiro atoms. The minimum atomic E-state index is -0.802. The highest BCUT2D eigenvalue weighted by Gasteiger charge is 2.20. The van der Waals surface area contributed by atoms with Crippen LogP contribution in [0.5, 0.6) is 5.75 Å². The molecule has 0 fully saturated rings. The van der Waals surface area contributed by atoms with Crippen LogP contribution in [0.2, 0.25) is 0 Å². The molecule has 3 nitrogen and oxygen atoms in total. The molecule has 1 aromatic rings. The minimum absolute atomic E-state index is 0.467. The molecule has 0 aliphatic heterocycles. The zero-order chi connectivity index (χ0) is 11.4. The van der Waals surface area contributed by atoms with Gasteiger partial charge in [0.25, 0.3) is 0 Å². The Morgan fingerprint density at radius 2 is 2.27 bits per heavy atom. The molecule has 0 aliphatic rings. The van der Waals surface area contributed by atoms with Crippen molar-refractivity contribution in [3.05, 3.63) is 28.2 Å². The fraction of sp³-hybridized carbons (Fsp3) is 0.364. The molecule has 1 aromatic carbocycles. The molecule has 0 saturated carbocycles. The van der Waals surface area contributed by atoms with E-state index in [0.717, 1.165) is 10.0 Å². The molecule has 4 heteroatoms. The molecule has 0 radical (unpaired) electrons. The lowest BCUT2D eigenvalue weighted by molar-refractivity contribution is -0.138. The Labute approximate surface area is 97.2 Å². The Balaban J connectivity index is 3.08. The number of carboxylic acid groups (broad SMARTS) is 1. The van der Waals surface area contributed by atoms with Gasteiger partial charge in [0.15, 0.2) is 0 Å². The molecule has 82 valence electrons. The van der Waals surface area contributed by atoms with Gasteiger partial charge in [0.2, 0.25) is 0 Å². The summed E-state index contributed by atoms with van der Waals surface area (Å²) in [6, 6.07) is 5.33. The van der Waals surface area contributed by atoms with Crippen molar-refractivity contribution >= 4 is 21.9 Å². The summed E-state index contributed by atoms with van der Waals surface area (Å²) in [6.07, 6.45) is 0.570. The van der Waals surface area contributed by atoms with Crippen molar-refractivity contribution in [2.75, 3.05) is 7.11 Å². The minimum Gasteiger partial charge on any atom is -0.497 e. The van der Waals surface area contributed by atoms with Gasteiger partial charge in [-0.15, -0.1) is 0 Å². The van der Waals surface area contributed by atoms with Crippen molar-refractivity contribution in [1.82, 2.24) is 0 Å². The first kappa shape index (κ1) is 12.0. The molecular formula is C11H13BrO3. The van der Waals surface area contributed by atoms with Gasteiger partial charge in [-0.2, -0.15) is 0 Å². The number of rotatable bonds is 4. The summed E-state index contributed by atoms with van der Waals surface area (Å²) in [5.74, 6) is -0.556. The van der Waals surface area contributed by atoms with Gasteiger partial charge in [-0.25, -0.2) is 0 Å². The van der Waals surface area contributed by atoms with E-state index in [-0.39, 0.29) is 0 Å². The number of carboxylic acids is 1. The second-order valence-corrected chi connectivity index (χ2v) is 4.04. The number of methoxy groups -OCH3 is 1. The van der Waals surface area contributed by atoms with Crippen LogP contribution < -0.4 is 4.74 Å². The zero-order valence-corrected chi connectivity index (χ0v) is 10.2. The summed E-state index contributed by atoms with van der Waals surface area (Å²) in [5.41, 5.74) is 0.783. The van der Waals surface area contributed by atoms with Gasteiger partial charge < -0.3 is 9.84 Å². The van der Waals surface area contributed by atoms with E-state index in [1.807, 2.05) is 6.92 Å². The number of halogens is 1. The average Bonchev–Trinajstić information content (AvgIpc) is 2.20. The van der Waals surface area contributed by atoms with E-state index >= 15 is 0 Å². The van der Waals surface area contributed by atoms with Crippen LogP contribution in [-0.4, -0.2) is 18.2 Å². The molecule has 1 atom stereocenters. The Hall–Kier alpha value is -1.03. The van der Waals surface area contributed by atoms with E-state index in [4.69, 9.17) is 9.84 Å². The van der Waals surface area contributed by atoms with Crippen LogP contribution >= 0.6 is 15.9 Å². The van der Waals surface area contributed by atoms with E-state index < -0.39 is 11.9 Å². The van der Waals surface area contributed by atoms with Gasteiger partial charge in [-0.05, 0) is 24.1 Å². The highest BCUT2D eigenvalue weighted by atomic mass is 79.9. The van der Waals surface area contributed by atoms with Gasteiger partial charge in [0, 0.05) is 4.47 Å². The van der Waals surface area contributed by atoms with Crippen molar-refractivity contribution < 1.29 is 14.6 Å². The lowest BCUT2D eigenvalue weighted by Gasteiger charge is -2.13. The largest absolute Gasteiger partial charge is 0.497 e. The van der Waals surface area contributed by atoms with Crippen LogP contribution in [0.1, 0.15) is 24.8 Å². The van der Waals surface area contributed by atoms with Crippen LogP contribution in [0.25, 0.3) is 0 Å². The van der Waals surface area contributed by atoms with Crippen molar-refractivity contribution in [1.29, 1.82) is 0 Å².